The second kappa shape index (κ2) is 9.72. The Bertz CT molecular complexity index is 458. The molecule has 1 aromatic rings. The molecule has 0 saturated carbocycles. The Kier molecular flexibility index (Phi) is 7.84. The fourth-order valence-corrected chi connectivity index (χ4v) is 1.89. The van der Waals surface area contributed by atoms with Gasteiger partial charge < -0.3 is 9.47 Å². The summed E-state index contributed by atoms with van der Waals surface area (Å²) in [4.78, 5) is 10.6. The molecule has 1 fully saturated rings. The molecule has 2 rings (SSSR count). The molecule has 1 aromatic carbocycles. The summed E-state index contributed by atoms with van der Waals surface area (Å²) in [5, 5.41) is 0. The molecule has 1 atom stereocenters. The van der Waals surface area contributed by atoms with Crippen LogP contribution in [0.3, 0.4) is 0 Å². The highest BCUT2D eigenvalue weighted by molar-refractivity contribution is 5.81. The monoisotopic (exact) mass is 286 g/mol. The topological polar surface area (TPSA) is 35.5 Å². The van der Waals surface area contributed by atoms with Crippen LogP contribution in [0.25, 0.3) is 12.2 Å². The lowest BCUT2D eigenvalue weighted by molar-refractivity contribution is -0.140. The highest BCUT2D eigenvalue weighted by atomic mass is 16.6. The number of hydrogen-bond acceptors (Lipinski definition) is 3. The molecule has 0 aliphatic carbocycles. The lowest BCUT2D eigenvalue weighted by Crippen LogP contribution is -2.16. The molecule has 21 heavy (non-hydrogen) atoms. The SMILES string of the molecule is C=CC(=O)OCC1CCCO1.C=Cc1ccccc1C=C. The molecule has 112 valence electrons. The minimum atomic E-state index is -0.375. The van der Waals surface area contributed by atoms with Gasteiger partial charge in [-0.2, -0.15) is 0 Å². The van der Waals surface area contributed by atoms with Gasteiger partial charge in [-0.25, -0.2) is 4.79 Å². The Labute approximate surface area is 126 Å². The van der Waals surface area contributed by atoms with E-state index in [-0.39, 0.29) is 12.1 Å². The molecule has 0 N–H and O–H groups in total. The van der Waals surface area contributed by atoms with Crippen molar-refractivity contribution in [2.24, 2.45) is 0 Å². The molecule has 3 nitrogen and oxygen atoms in total. The van der Waals surface area contributed by atoms with Crippen molar-refractivity contribution in [3.8, 4) is 0 Å². The van der Waals surface area contributed by atoms with E-state index >= 15 is 0 Å². The van der Waals surface area contributed by atoms with Crippen LogP contribution in [0.2, 0.25) is 0 Å². The Hall–Kier alpha value is -2.13. The van der Waals surface area contributed by atoms with Crippen LogP contribution >= 0.6 is 0 Å². The Morgan fingerprint density at radius 1 is 1.24 bits per heavy atom. The number of carbonyl (C=O) groups is 1. The molecule has 1 aliphatic rings. The average Bonchev–Trinajstić information content (AvgIpc) is 3.06. The zero-order valence-electron chi connectivity index (χ0n) is 12.3. The molecule has 1 aliphatic heterocycles. The van der Waals surface area contributed by atoms with Gasteiger partial charge in [0.1, 0.15) is 6.61 Å². The predicted molar refractivity (Wildman–Crippen MR) is 86.8 cm³/mol. The van der Waals surface area contributed by atoms with Crippen LogP contribution in [-0.2, 0) is 14.3 Å². The first-order valence-electron chi connectivity index (χ1n) is 6.96. The highest BCUT2D eigenvalue weighted by Crippen LogP contribution is 2.12. The van der Waals surface area contributed by atoms with Crippen molar-refractivity contribution in [1.82, 2.24) is 0 Å². The molecule has 0 aromatic heterocycles. The number of carbonyl (C=O) groups excluding carboxylic acids is 1. The molecule has 1 unspecified atom stereocenters. The smallest absolute Gasteiger partial charge is 0.330 e. The van der Waals surface area contributed by atoms with Gasteiger partial charge in [0, 0.05) is 12.7 Å². The molecule has 3 heteroatoms. The molecule has 0 amide bonds. The number of esters is 1. The summed E-state index contributed by atoms with van der Waals surface area (Å²) < 4.78 is 10.0. The number of benzene rings is 1. The minimum absolute atomic E-state index is 0.110. The zero-order valence-corrected chi connectivity index (χ0v) is 12.3. The molecule has 0 spiro atoms. The third-order valence-corrected chi connectivity index (χ3v) is 3.04. The van der Waals surface area contributed by atoms with E-state index in [1.807, 2.05) is 36.4 Å². The van der Waals surface area contributed by atoms with Crippen LogP contribution in [0.5, 0.6) is 0 Å². The summed E-state index contributed by atoms with van der Waals surface area (Å²) in [6.45, 7) is 11.8. The van der Waals surface area contributed by atoms with Crippen molar-refractivity contribution in [3.05, 3.63) is 61.2 Å². The van der Waals surface area contributed by atoms with E-state index in [2.05, 4.69) is 19.7 Å². The van der Waals surface area contributed by atoms with Gasteiger partial charge in [-0.05, 0) is 24.0 Å². The normalized spacial score (nSPS) is 16.3. The Morgan fingerprint density at radius 2 is 1.86 bits per heavy atom. The maximum absolute atomic E-state index is 10.6. The van der Waals surface area contributed by atoms with Crippen LogP contribution in [0.15, 0.2) is 50.1 Å². The Morgan fingerprint density at radius 3 is 2.29 bits per heavy atom. The van der Waals surface area contributed by atoms with Gasteiger partial charge in [0.25, 0.3) is 0 Å². The lowest BCUT2D eigenvalue weighted by atomic mass is 10.1. The number of ether oxygens (including phenoxy) is 2. The van der Waals surface area contributed by atoms with Gasteiger partial charge in [0.05, 0.1) is 6.10 Å². The van der Waals surface area contributed by atoms with Gasteiger partial charge in [-0.15, -0.1) is 0 Å². The van der Waals surface area contributed by atoms with Gasteiger partial charge in [-0.3, -0.25) is 0 Å². The van der Waals surface area contributed by atoms with E-state index in [0.717, 1.165) is 36.7 Å². The average molecular weight is 286 g/mol. The molecule has 1 saturated heterocycles. The first-order valence-corrected chi connectivity index (χ1v) is 6.96. The Balaban J connectivity index is 0.000000211. The summed E-state index contributed by atoms with van der Waals surface area (Å²) in [6.07, 6.45) is 6.99. The largest absolute Gasteiger partial charge is 0.460 e. The van der Waals surface area contributed by atoms with Crippen molar-refractivity contribution in [3.63, 3.8) is 0 Å². The maximum Gasteiger partial charge on any atom is 0.330 e. The van der Waals surface area contributed by atoms with E-state index in [4.69, 9.17) is 9.47 Å². The minimum Gasteiger partial charge on any atom is -0.460 e. The van der Waals surface area contributed by atoms with Gasteiger partial charge in [0.15, 0.2) is 0 Å². The quantitative estimate of drug-likeness (QED) is 0.609. The van der Waals surface area contributed by atoms with Gasteiger partial charge >= 0.3 is 5.97 Å². The molecule has 0 radical (unpaired) electrons. The first kappa shape index (κ1) is 16.9. The fourth-order valence-electron chi connectivity index (χ4n) is 1.89. The van der Waals surface area contributed by atoms with E-state index in [1.54, 1.807) is 0 Å². The maximum atomic E-state index is 10.6. The van der Waals surface area contributed by atoms with Crippen molar-refractivity contribution >= 4 is 18.1 Å². The molecule has 0 bridgehead atoms. The van der Waals surface area contributed by atoms with Crippen molar-refractivity contribution in [2.45, 2.75) is 18.9 Å². The number of hydrogen-bond donors (Lipinski definition) is 0. The van der Waals surface area contributed by atoms with Gasteiger partial charge in [0.2, 0.25) is 0 Å². The third-order valence-electron chi connectivity index (χ3n) is 3.04. The summed E-state index contributed by atoms with van der Waals surface area (Å²) in [6, 6.07) is 8.02. The van der Waals surface area contributed by atoms with Crippen LogP contribution in [-0.4, -0.2) is 25.3 Å². The van der Waals surface area contributed by atoms with Crippen LogP contribution in [0.4, 0.5) is 0 Å². The van der Waals surface area contributed by atoms with Crippen molar-refractivity contribution in [2.75, 3.05) is 13.2 Å². The highest BCUT2D eigenvalue weighted by Gasteiger charge is 2.16. The first-order chi connectivity index (χ1) is 10.2. The van der Waals surface area contributed by atoms with Crippen molar-refractivity contribution in [1.29, 1.82) is 0 Å². The second-order valence-electron chi connectivity index (χ2n) is 4.51. The summed E-state index contributed by atoms with van der Waals surface area (Å²) >= 11 is 0. The van der Waals surface area contributed by atoms with Gasteiger partial charge in [-0.1, -0.05) is 56.2 Å². The predicted octanol–water partition coefficient (Wildman–Crippen LogP) is 3.87. The molecule has 1 heterocycles. The second-order valence-corrected chi connectivity index (χ2v) is 4.51. The van der Waals surface area contributed by atoms with Crippen LogP contribution < -0.4 is 0 Å². The van der Waals surface area contributed by atoms with Crippen molar-refractivity contribution < 1.29 is 14.3 Å². The standard InChI is InChI=1S/C10H10.C8H12O3/c1-3-9-7-5-6-8-10(9)4-2;1-2-8(9)11-6-7-4-3-5-10-7/h3-8H,1-2H2;2,7H,1,3-6H2. The number of rotatable bonds is 5. The molecular weight excluding hydrogens is 264 g/mol. The van der Waals surface area contributed by atoms with E-state index in [1.165, 1.54) is 0 Å². The zero-order chi connectivity index (χ0) is 15.5. The third kappa shape index (κ3) is 6.23. The van der Waals surface area contributed by atoms with E-state index in [9.17, 15) is 4.79 Å². The fraction of sp³-hybridized carbons (Fsp3) is 0.278. The van der Waals surface area contributed by atoms with Crippen LogP contribution in [0.1, 0.15) is 24.0 Å². The lowest BCUT2D eigenvalue weighted by Gasteiger charge is -2.07. The summed E-state index contributed by atoms with van der Waals surface area (Å²) in [7, 11) is 0. The van der Waals surface area contributed by atoms with Crippen LogP contribution in [0, 0.1) is 0 Å². The van der Waals surface area contributed by atoms with E-state index < -0.39 is 0 Å². The summed E-state index contributed by atoms with van der Waals surface area (Å²) in [5.41, 5.74) is 2.27. The van der Waals surface area contributed by atoms with E-state index in [0.29, 0.717) is 6.61 Å². The summed E-state index contributed by atoms with van der Waals surface area (Å²) in [5.74, 6) is -0.375. The molecular formula is C18H22O3.